The van der Waals surface area contributed by atoms with E-state index in [1.807, 2.05) is 13.8 Å². The van der Waals surface area contributed by atoms with Gasteiger partial charge in [-0.1, -0.05) is 33.6 Å². The van der Waals surface area contributed by atoms with Crippen LogP contribution in [0.5, 0.6) is 0 Å². The molecule has 0 bridgehead atoms. The van der Waals surface area contributed by atoms with E-state index >= 15 is 0 Å². The Morgan fingerprint density at radius 1 is 1.24 bits per heavy atom. The highest BCUT2D eigenvalue weighted by Crippen LogP contribution is 2.25. The molecule has 0 heterocycles. The number of nitrogen functional groups attached to an aromatic ring is 1. The predicted molar refractivity (Wildman–Crippen MR) is 84.1 cm³/mol. The van der Waals surface area contributed by atoms with Gasteiger partial charge in [0.05, 0.1) is 0 Å². The molecule has 4 nitrogen and oxygen atoms in total. The first-order valence-corrected chi connectivity index (χ1v) is 8.77. The van der Waals surface area contributed by atoms with Crippen molar-refractivity contribution >= 4 is 15.7 Å². The van der Waals surface area contributed by atoms with Crippen molar-refractivity contribution in [1.82, 2.24) is 4.31 Å². The number of hydrogen-bond acceptors (Lipinski definition) is 3. The van der Waals surface area contributed by atoms with Gasteiger partial charge in [-0.05, 0) is 30.5 Å². The number of rotatable bonds is 7. The predicted octanol–water partition coefficient (Wildman–Crippen LogP) is 3.16. The lowest BCUT2D eigenvalue weighted by Gasteiger charge is -2.25. The van der Waals surface area contributed by atoms with Gasteiger partial charge in [-0.15, -0.1) is 0 Å². The third kappa shape index (κ3) is 3.95. The van der Waals surface area contributed by atoms with Crippen molar-refractivity contribution < 1.29 is 12.8 Å². The van der Waals surface area contributed by atoms with Gasteiger partial charge in [-0.2, -0.15) is 4.31 Å². The minimum Gasteiger partial charge on any atom is -0.398 e. The van der Waals surface area contributed by atoms with Crippen LogP contribution in [-0.2, 0) is 10.0 Å². The highest BCUT2D eigenvalue weighted by Gasteiger charge is 2.28. The van der Waals surface area contributed by atoms with Gasteiger partial charge < -0.3 is 5.73 Å². The van der Waals surface area contributed by atoms with Crippen molar-refractivity contribution in [1.29, 1.82) is 0 Å². The third-order valence-corrected chi connectivity index (χ3v) is 5.86. The van der Waals surface area contributed by atoms with Crippen LogP contribution in [0, 0.1) is 18.7 Å². The molecule has 0 fully saturated rings. The molecule has 0 aliphatic carbocycles. The first-order valence-electron chi connectivity index (χ1n) is 7.33. The molecule has 1 rings (SSSR count). The first-order chi connectivity index (χ1) is 9.77. The second kappa shape index (κ2) is 7.22. The van der Waals surface area contributed by atoms with Gasteiger partial charge in [-0.3, -0.25) is 0 Å². The number of benzene rings is 1. The molecule has 0 saturated heterocycles. The minimum absolute atomic E-state index is 0.269. The molecule has 1 aromatic carbocycles. The second-order valence-corrected chi connectivity index (χ2v) is 7.18. The Bertz CT molecular complexity index is 584. The summed E-state index contributed by atoms with van der Waals surface area (Å²) in [7, 11) is -3.86. The fourth-order valence-corrected chi connectivity index (χ4v) is 3.84. The summed E-state index contributed by atoms with van der Waals surface area (Å²) in [6, 6.07) is 2.39. The van der Waals surface area contributed by atoms with Crippen LogP contribution in [0.15, 0.2) is 17.0 Å². The Morgan fingerprint density at radius 3 is 2.29 bits per heavy atom. The van der Waals surface area contributed by atoms with E-state index in [4.69, 9.17) is 5.73 Å². The van der Waals surface area contributed by atoms with E-state index in [1.54, 1.807) is 13.8 Å². The quantitative estimate of drug-likeness (QED) is 0.786. The van der Waals surface area contributed by atoms with Gasteiger partial charge in [0, 0.05) is 18.8 Å². The van der Waals surface area contributed by atoms with Crippen LogP contribution in [0.1, 0.15) is 39.2 Å². The molecule has 6 heteroatoms. The van der Waals surface area contributed by atoms with E-state index in [0.717, 1.165) is 12.8 Å². The maximum atomic E-state index is 14.1. The van der Waals surface area contributed by atoms with Crippen LogP contribution in [0.3, 0.4) is 0 Å². The van der Waals surface area contributed by atoms with Gasteiger partial charge >= 0.3 is 0 Å². The summed E-state index contributed by atoms with van der Waals surface area (Å²) in [5.41, 5.74) is 6.55. The fourth-order valence-electron chi connectivity index (χ4n) is 2.24. The molecule has 2 N–H and O–H groups in total. The number of sulfonamides is 1. The average molecular weight is 316 g/mol. The Hall–Kier alpha value is -1.14. The van der Waals surface area contributed by atoms with Crippen molar-refractivity contribution in [2.24, 2.45) is 5.92 Å². The Labute approximate surface area is 127 Å². The lowest BCUT2D eigenvalue weighted by Crippen LogP contribution is -2.35. The van der Waals surface area contributed by atoms with E-state index in [0.29, 0.717) is 18.7 Å². The Morgan fingerprint density at radius 2 is 1.81 bits per heavy atom. The summed E-state index contributed by atoms with van der Waals surface area (Å²) in [4.78, 5) is -0.335. The maximum Gasteiger partial charge on any atom is 0.246 e. The molecule has 120 valence electrons. The molecule has 21 heavy (non-hydrogen) atoms. The molecule has 1 aromatic rings. The topological polar surface area (TPSA) is 63.4 Å². The Kier molecular flexibility index (Phi) is 6.16. The zero-order valence-electron chi connectivity index (χ0n) is 13.2. The van der Waals surface area contributed by atoms with Crippen LogP contribution in [0.2, 0.25) is 0 Å². The zero-order chi connectivity index (χ0) is 16.2. The van der Waals surface area contributed by atoms with Crippen molar-refractivity contribution in [2.75, 3.05) is 18.8 Å². The number of nitrogens with zero attached hydrogens (tertiary/aromatic N) is 1. The zero-order valence-corrected chi connectivity index (χ0v) is 14.0. The summed E-state index contributed by atoms with van der Waals surface area (Å²) in [5.74, 6) is -0.477. The summed E-state index contributed by atoms with van der Waals surface area (Å²) < 4.78 is 40.7. The molecule has 0 saturated carbocycles. The van der Waals surface area contributed by atoms with E-state index in [9.17, 15) is 12.8 Å². The molecule has 0 amide bonds. The minimum atomic E-state index is -3.86. The number of hydrogen-bond donors (Lipinski definition) is 1. The molecule has 0 radical (unpaired) electrons. The molecule has 0 aliphatic rings. The maximum absolute atomic E-state index is 14.1. The van der Waals surface area contributed by atoms with Crippen molar-refractivity contribution in [3.63, 3.8) is 0 Å². The number of anilines is 1. The first kappa shape index (κ1) is 17.9. The lowest BCUT2D eigenvalue weighted by atomic mass is 10.0. The van der Waals surface area contributed by atoms with Crippen molar-refractivity contribution in [3.05, 3.63) is 23.5 Å². The molecule has 0 aromatic heterocycles. The highest BCUT2D eigenvalue weighted by atomic mass is 32.2. The smallest absolute Gasteiger partial charge is 0.246 e. The Balaban J connectivity index is 3.22. The van der Waals surface area contributed by atoms with Crippen LogP contribution >= 0.6 is 0 Å². The summed E-state index contributed by atoms with van der Waals surface area (Å²) >= 11 is 0. The van der Waals surface area contributed by atoms with Crippen LogP contribution in [0.4, 0.5) is 10.1 Å². The van der Waals surface area contributed by atoms with E-state index < -0.39 is 15.8 Å². The SMILES string of the molecule is CCC(CC)CN(CC)S(=O)(=O)c1cc(N)c(C)cc1F. The van der Waals surface area contributed by atoms with Crippen molar-refractivity contribution in [2.45, 2.75) is 45.4 Å². The lowest BCUT2D eigenvalue weighted by molar-refractivity contribution is 0.338. The van der Waals surface area contributed by atoms with Gasteiger partial charge in [0.25, 0.3) is 0 Å². The van der Waals surface area contributed by atoms with E-state index in [2.05, 4.69) is 0 Å². The van der Waals surface area contributed by atoms with Gasteiger partial charge in [0.2, 0.25) is 10.0 Å². The number of aryl methyl sites for hydroxylation is 1. The highest BCUT2D eigenvalue weighted by molar-refractivity contribution is 7.89. The molecule has 0 atom stereocenters. The molecular weight excluding hydrogens is 291 g/mol. The van der Waals surface area contributed by atoms with Gasteiger partial charge in [0.1, 0.15) is 10.7 Å². The van der Waals surface area contributed by atoms with E-state index in [-0.39, 0.29) is 16.5 Å². The second-order valence-electron chi connectivity index (χ2n) is 5.28. The summed E-state index contributed by atoms with van der Waals surface area (Å²) in [6.07, 6.45) is 1.78. The average Bonchev–Trinajstić information content (AvgIpc) is 2.43. The fraction of sp³-hybridized carbons (Fsp3) is 0.600. The van der Waals surface area contributed by atoms with Crippen molar-refractivity contribution in [3.8, 4) is 0 Å². The van der Waals surface area contributed by atoms with Gasteiger partial charge in [-0.25, -0.2) is 12.8 Å². The van der Waals surface area contributed by atoms with Crippen LogP contribution < -0.4 is 5.73 Å². The number of nitrogens with two attached hydrogens (primary N) is 1. The molecule has 0 aliphatic heterocycles. The number of halogens is 1. The van der Waals surface area contributed by atoms with Gasteiger partial charge in [0.15, 0.2) is 0 Å². The molecular formula is C15H25FN2O2S. The molecule has 0 unspecified atom stereocenters. The van der Waals surface area contributed by atoms with E-state index in [1.165, 1.54) is 16.4 Å². The van der Waals surface area contributed by atoms with Crippen LogP contribution in [-0.4, -0.2) is 25.8 Å². The van der Waals surface area contributed by atoms with Crippen LogP contribution in [0.25, 0.3) is 0 Å². The monoisotopic (exact) mass is 316 g/mol. The summed E-state index contributed by atoms with van der Waals surface area (Å²) in [5, 5.41) is 0. The largest absolute Gasteiger partial charge is 0.398 e. The molecule has 0 spiro atoms. The standard InChI is InChI=1S/C15H25FN2O2S/c1-5-12(6-2)10-18(7-3)21(19,20)15-9-14(17)11(4)8-13(15)16/h8-9,12H,5-7,10,17H2,1-4H3. The third-order valence-electron chi connectivity index (χ3n) is 3.91. The summed E-state index contributed by atoms with van der Waals surface area (Å²) in [6.45, 7) is 8.18. The normalized spacial score (nSPS) is 12.3.